The van der Waals surface area contributed by atoms with Gasteiger partial charge in [-0.25, -0.2) is 4.79 Å². The van der Waals surface area contributed by atoms with Gasteiger partial charge in [-0.05, 0) is 36.7 Å². The van der Waals surface area contributed by atoms with E-state index in [2.05, 4.69) is 21.0 Å². The Morgan fingerprint density at radius 2 is 2.26 bits per heavy atom. The van der Waals surface area contributed by atoms with Crippen LogP contribution in [0.4, 0.5) is 4.79 Å². The molecule has 2 rings (SSSR count). The minimum absolute atomic E-state index is 0.163. The molecule has 6 nitrogen and oxygen atoms in total. The number of aliphatic hydroxyl groups excluding tert-OH is 1. The van der Waals surface area contributed by atoms with E-state index in [1.165, 1.54) is 0 Å². The molecule has 1 aliphatic rings. The number of hydrogen-bond acceptors (Lipinski definition) is 4. The van der Waals surface area contributed by atoms with Crippen LogP contribution in [0.5, 0.6) is 0 Å². The number of aromatic nitrogens is 2. The van der Waals surface area contributed by atoms with E-state index in [0.29, 0.717) is 13.1 Å². The summed E-state index contributed by atoms with van der Waals surface area (Å²) in [5.74, 6) is 0. The quantitative estimate of drug-likeness (QED) is 0.853. The molecule has 0 saturated carbocycles. The smallest absolute Gasteiger partial charge is 0.411 e. The van der Waals surface area contributed by atoms with Crippen LogP contribution in [0.25, 0.3) is 0 Å². The highest BCUT2D eigenvalue weighted by atomic mass is 79.9. The van der Waals surface area contributed by atoms with Gasteiger partial charge in [0.15, 0.2) is 0 Å². The summed E-state index contributed by atoms with van der Waals surface area (Å²) in [6.07, 6.45) is 1.27. The number of nitrogens with zero attached hydrogens (tertiary/aromatic N) is 3. The molecule has 0 spiro atoms. The van der Waals surface area contributed by atoms with Crippen LogP contribution in [0.3, 0.4) is 0 Å². The first-order chi connectivity index (χ1) is 8.83. The van der Waals surface area contributed by atoms with Gasteiger partial charge in [-0.15, -0.1) is 0 Å². The molecule has 1 unspecified atom stereocenters. The number of rotatable bonds is 1. The van der Waals surface area contributed by atoms with Crippen molar-refractivity contribution in [3.05, 3.63) is 16.4 Å². The summed E-state index contributed by atoms with van der Waals surface area (Å²) in [6.45, 7) is 6.37. The number of hydrogen-bond donors (Lipinski definition) is 1. The zero-order valence-electron chi connectivity index (χ0n) is 11.3. The lowest BCUT2D eigenvalue weighted by Gasteiger charge is -2.36. The van der Waals surface area contributed by atoms with Crippen molar-refractivity contribution in [1.82, 2.24) is 14.7 Å². The van der Waals surface area contributed by atoms with E-state index >= 15 is 0 Å². The van der Waals surface area contributed by atoms with E-state index in [9.17, 15) is 9.90 Å². The SMILES string of the molecule is CC(C)(C)OC(=O)N1CCn2ncc(Br)c2C1CO. The number of fused-ring (bicyclic) bond motifs is 1. The van der Waals surface area contributed by atoms with Gasteiger partial charge in [-0.1, -0.05) is 0 Å². The Bertz CT molecular complexity index is 481. The Labute approximate surface area is 120 Å². The molecular weight excluding hydrogens is 314 g/mol. The van der Waals surface area contributed by atoms with Crippen molar-refractivity contribution in [2.45, 2.75) is 39.0 Å². The van der Waals surface area contributed by atoms with Crippen molar-refractivity contribution in [2.75, 3.05) is 13.2 Å². The van der Waals surface area contributed by atoms with Crippen molar-refractivity contribution in [2.24, 2.45) is 0 Å². The summed E-state index contributed by atoms with van der Waals surface area (Å²) in [5.41, 5.74) is 0.256. The normalized spacial score (nSPS) is 19.2. The maximum atomic E-state index is 12.2. The Kier molecular flexibility index (Phi) is 3.87. The lowest BCUT2D eigenvalue weighted by Crippen LogP contribution is -2.46. The molecule has 0 aromatic carbocycles. The summed E-state index contributed by atoms with van der Waals surface area (Å²) in [6, 6.07) is -0.430. The Hall–Kier alpha value is -1.08. The van der Waals surface area contributed by atoms with Gasteiger partial charge in [0.25, 0.3) is 0 Å². The summed E-state index contributed by atoms with van der Waals surface area (Å²) in [5, 5.41) is 13.8. The van der Waals surface area contributed by atoms with Gasteiger partial charge in [0.2, 0.25) is 0 Å². The summed E-state index contributed by atoms with van der Waals surface area (Å²) >= 11 is 3.40. The third-order valence-corrected chi connectivity index (χ3v) is 3.49. The van der Waals surface area contributed by atoms with E-state index in [0.717, 1.165) is 10.2 Å². The monoisotopic (exact) mass is 331 g/mol. The van der Waals surface area contributed by atoms with Crippen LogP contribution in [0, 0.1) is 0 Å². The van der Waals surface area contributed by atoms with Gasteiger partial charge in [-0.2, -0.15) is 5.10 Å². The molecule has 0 bridgehead atoms. The fourth-order valence-corrected chi connectivity index (χ4v) is 2.67. The Morgan fingerprint density at radius 1 is 1.58 bits per heavy atom. The molecule has 106 valence electrons. The maximum Gasteiger partial charge on any atom is 0.411 e. The highest BCUT2D eigenvalue weighted by Gasteiger charge is 2.35. The van der Waals surface area contributed by atoms with Crippen LogP contribution in [-0.4, -0.2) is 44.6 Å². The lowest BCUT2D eigenvalue weighted by atomic mass is 10.1. The predicted octanol–water partition coefficient (Wildman–Crippen LogP) is 1.93. The molecule has 7 heteroatoms. The van der Waals surface area contributed by atoms with Gasteiger partial charge in [0.05, 0.1) is 29.5 Å². The average Bonchev–Trinajstić information content (AvgIpc) is 2.68. The first kappa shape index (κ1) is 14.3. The van der Waals surface area contributed by atoms with Crippen molar-refractivity contribution < 1.29 is 14.6 Å². The second kappa shape index (κ2) is 5.13. The largest absolute Gasteiger partial charge is 0.444 e. The fourth-order valence-electron chi connectivity index (χ4n) is 2.11. The number of carbonyl (C=O) groups is 1. The maximum absolute atomic E-state index is 12.2. The third kappa shape index (κ3) is 2.92. The highest BCUT2D eigenvalue weighted by molar-refractivity contribution is 9.10. The molecule has 1 aromatic rings. The number of carbonyl (C=O) groups excluding carboxylic acids is 1. The van der Waals surface area contributed by atoms with E-state index in [1.807, 2.05) is 20.8 Å². The fraction of sp³-hybridized carbons (Fsp3) is 0.667. The Morgan fingerprint density at radius 3 is 2.84 bits per heavy atom. The zero-order valence-corrected chi connectivity index (χ0v) is 12.8. The van der Waals surface area contributed by atoms with E-state index < -0.39 is 17.7 Å². The minimum atomic E-state index is -0.550. The lowest BCUT2D eigenvalue weighted by molar-refractivity contribution is 0.00174. The predicted molar refractivity (Wildman–Crippen MR) is 72.7 cm³/mol. The average molecular weight is 332 g/mol. The molecule has 1 atom stereocenters. The zero-order chi connectivity index (χ0) is 14.2. The second-order valence-electron chi connectivity index (χ2n) is 5.47. The molecule has 0 radical (unpaired) electrons. The topological polar surface area (TPSA) is 67.6 Å². The summed E-state index contributed by atoms with van der Waals surface area (Å²) in [4.78, 5) is 13.7. The molecule has 0 fully saturated rings. The van der Waals surface area contributed by atoms with Crippen molar-refractivity contribution in [1.29, 1.82) is 0 Å². The van der Waals surface area contributed by atoms with E-state index in [1.54, 1.807) is 15.8 Å². The van der Waals surface area contributed by atoms with Crippen molar-refractivity contribution in [3.8, 4) is 0 Å². The molecule has 1 N–H and O–H groups in total. The van der Waals surface area contributed by atoms with Crippen LogP contribution in [-0.2, 0) is 11.3 Å². The second-order valence-corrected chi connectivity index (χ2v) is 6.33. The van der Waals surface area contributed by atoms with Gasteiger partial charge < -0.3 is 9.84 Å². The van der Waals surface area contributed by atoms with E-state index in [4.69, 9.17) is 4.74 Å². The highest BCUT2D eigenvalue weighted by Crippen LogP contribution is 2.31. The minimum Gasteiger partial charge on any atom is -0.444 e. The number of halogens is 1. The number of amides is 1. The molecule has 2 heterocycles. The molecule has 1 aromatic heterocycles. The molecule has 1 amide bonds. The van der Waals surface area contributed by atoms with Gasteiger partial charge in [0, 0.05) is 6.54 Å². The van der Waals surface area contributed by atoms with Crippen LogP contribution in [0.15, 0.2) is 10.7 Å². The first-order valence-corrected chi connectivity index (χ1v) is 6.94. The van der Waals surface area contributed by atoms with Crippen LogP contribution < -0.4 is 0 Å². The van der Waals surface area contributed by atoms with Crippen LogP contribution >= 0.6 is 15.9 Å². The molecule has 1 aliphatic heterocycles. The van der Waals surface area contributed by atoms with Gasteiger partial charge >= 0.3 is 6.09 Å². The van der Waals surface area contributed by atoms with Gasteiger partial charge in [0.1, 0.15) is 11.6 Å². The number of ether oxygens (including phenoxy) is 1. The first-order valence-electron chi connectivity index (χ1n) is 6.15. The Balaban J connectivity index is 2.24. The standard InChI is InChI=1S/C12H18BrN3O3/c1-12(2,3)19-11(18)15-4-5-16-10(9(15)7-17)8(13)6-14-16/h6,9,17H,4-5,7H2,1-3H3. The molecular formula is C12H18BrN3O3. The van der Waals surface area contributed by atoms with E-state index in [-0.39, 0.29) is 6.61 Å². The summed E-state index contributed by atoms with van der Waals surface area (Å²) in [7, 11) is 0. The third-order valence-electron chi connectivity index (χ3n) is 2.88. The van der Waals surface area contributed by atoms with Crippen LogP contribution in [0.1, 0.15) is 32.5 Å². The number of aliphatic hydroxyl groups is 1. The van der Waals surface area contributed by atoms with Crippen molar-refractivity contribution >= 4 is 22.0 Å². The molecule has 0 saturated heterocycles. The van der Waals surface area contributed by atoms with Gasteiger partial charge in [-0.3, -0.25) is 9.58 Å². The summed E-state index contributed by atoms with van der Waals surface area (Å²) < 4.78 is 7.96. The van der Waals surface area contributed by atoms with Crippen LogP contribution in [0.2, 0.25) is 0 Å². The molecule has 0 aliphatic carbocycles. The molecule has 19 heavy (non-hydrogen) atoms. The van der Waals surface area contributed by atoms with Crippen molar-refractivity contribution in [3.63, 3.8) is 0 Å².